The molecule has 384 valence electrons. The molecule has 0 saturated carbocycles. The van der Waals surface area contributed by atoms with Crippen LogP contribution in [0.2, 0.25) is 0 Å². The molecule has 8 bridgehead atoms. The van der Waals surface area contributed by atoms with E-state index in [0.717, 1.165) is 79.0 Å². The standard InChI is InChI=1S/C60H84O8S2/c1-17-63-51(61)37-67-55-43-25-39-29-47(57(5,6)7)31-41(53(39)65-21-23-69-19-3)27-45-35-50(60(14,15)16)36-46(56(45)68-38-52(62)64-18-2)28-42-32-48(58(8,9)10)30-40(54(42)66-22-24-70-20-4)26-44(55)34-49(33-43)59(11,12)13/h29-36H,17-28,37-38H2,1-16H3. The number of fused-ring (bicyclic) bond motifs is 8. The number of benzene rings is 4. The van der Waals surface area contributed by atoms with Gasteiger partial charge >= 0.3 is 11.9 Å². The summed E-state index contributed by atoms with van der Waals surface area (Å²) in [6.45, 7) is 36.1. The molecular weight excluding hydrogens is 913 g/mol. The Balaban J connectivity index is 2.01. The van der Waals surface area contributed by atoms with Gasteiger partial charge in [0.2, 0.25) is 0 Å². The summed E-state index contributed by atoms with van der Waals surface area (Å²) < 4.78 is 38.6. The van der Waals surface area contributed by atoms with Gasteiger partial charge in [-0.3, -0.25) is 0 Å². The van der Waals surface area contributed by atoms with Crippen LogP contribution >= 0.6 is 23.5 Å². The zero-order chi connectivity index (χ0) is 51.6. The molecule has 0 N–H and O–H groups in total. The molecule has 70 heavy (non-hydrogen) atoms. The Morgan fingerprint density at radius 1 is 0.400 bits per heavy atom. The molecule has 0 aliphatic heterocycles. The summed E-state index contributed by atoms with van der Waals surface area (Å²) in [5, 5.41) is 0. The molecule has 8 nitrogen and oxygen atoms in total. The third-order valence-corrected chi connectivity index (χ3v) is 14.3. The van der Waals surface area contributed by atoms with Gasteiger partial charge in [0.1, 0.15) is 23.0 Å². The number of carbonyl (C=O) groups is 2. The Hall–Kier alpha value is -4.28. The van der Waals surface area contributed by atoms with Gasteiger partial charge in [0.05, 0.1) is 26.4 Å². The minimum Gasteiger partial charge on any atom is -0.492 e. The predicted octanol–water partition coefficient (Wildman–Crippen LogP) is 13.7. The molecule has 0 aromatic heterocycles. The van der Waals surface area contributed by atoms with E-state index in [4.69, 9.17) is 28.4 Å². The number of hydrogen-bond donors (Lipinski definition) is 0. The monoisotopic (exact) mass is 997 g/mol. The van der Waals surface area contributed by atoms with Crippen molar-refractivity contribution in [1.82, 2.24) is 0 Å². The summed E-state index contributed by atoms with van der Waals surface area (Å²) in [5.41, 5.74) is 11.8. The van der Waals surface area contributed by atoms with Crippen LogP contribution in [0.25, 0.3) is 0 Å². The van der Waals surface area contributed by atoms with Crippen molar-refractivity contribution in [2.75, 3.05) is 62.7 Å². The Kier molecular flexibility index (Phi) is 19.8. The van der Waals surface area contributed by atoms with E-state index in [1.54, 1.807) is 0 Å². The van der Waals surface area contributed by atoms with E-state index in [9.17, 15) is 9.59 Å². The number of ether oxygens (including phenoxy) is 6. The van der Waals surface area contributed by atoms with Gasteiger partial charge in [-0.05, 0) is 114 Å². The van der Waals surface area contributed by atoms with E-state index in [-0.39, 0.29) is 48.1 Å². The van der Waals surface area contributed by atoms with Gasteiger partial charge in [-0.15, -0.1) is 0 Å². The van der Waals surface area contributed by atoms with Gasteiger partial charge in [0.15, 0.2) is 13.2 Å². The van der Waals surface area contributed by atoms with Crippen LogP contribution in [0.1, 0.15) is 178 Å². The fourth-order valence-electron chi connectivity index (χ4n) is 8.72. The van der Waals surface area contributed by atoms with Crippen molar-refractivity contribution in [2.45, 2.75) is 158 Å². The van der Waals surface area contributed by atoms with Crippen LogP contribution < -0.4 is 18.9 Å². The van der Waals surface area contributed by atoms with Gasteiger partial charge in [-0.2, -0.15) is 23.5 Å². The number of esters is 2. The molecule has 4 aromatic rings. The smallest absolute Gasteiger partial charge is 0.344 e. The second kappa shape index (κ2) is 24.4. The Morgan fingerprint density at radius 2 is 0.629 bits per heavy atom. The zero-order valence-electron chi connectivity index (χ0n) is 45.6. The summed E-state index contributed by atoms with van der Waals surface area (Å²) in [7, 11) is 0. The van der Waals surface area contributed by atoms with E-state index in [2.05, 4.69) is 145 Å². The van der Waals surface area contributed by atoms with E-state index in [1.165, 1.54) is 22.3 Å². The molecule has 0 amide bonds. The zero-order valence-corrected chi connectivity index (χ0v) is 47.2. The van der Waals surface area contributed by atoms with Gasteiger partial charge in [0.25, 0.3) is 0 Å². The van der Waals surface area contributed by atoms with E-state index >= 15 is 0 Å². The molecule has 0 atom stereocenters. The quantitative estimate of drug-likeness (QED) is 0.0624. The molecule has 0 unspecified atom stereocenters. The van der Waals surface area contributed by atoms with Crippen molar-refractivity contribution in [1.29, 1.82) is 0 Å². The van der Waals surface area contributed by atoms with E-state index < -0.39 is 11.9 Å². The van der Waals surface area contributed by atoms with Crippen molar-refractivity contribution in [3.05, 3.63) is 115 Å². The minimum absolute atomic E-state index is 0.218. The SMILES string of the molecule is CCOC(=O)COc1c2cc(C(C)(C)C)cc1Cc1cc(C(C)(C)C)cc(c1OCCSCC)Cc1cc(C(C)(C)C)cc(c1OCC(=O)OCC)Cc1cc(C(C)(C)C)cc(c1OCCSCC)C2. The fraction of sp³-hybridized carbons (Fsp3) is 0.567. The topological polar surface area (TPSA) is 89.5 Å². The first-order chi connectivity index (χ1) is 32.9. The molecular formula is C60H84O8S2. The maximum absolute atomic E-state index is 13.2. The van der Waals surface area contributed by atoms with Gasteiger partial charge in [-0.25, -0.2) is 9.59 Å². The van der Waals surface area contributed by atoms with E-state index in [0.29, 0.717) is 50.4 Å². The minimum atomic E-state index is -0.415. The maximum atomic E-state index is 13.2. The van der Waals surface area contributed by atoms with Crippen LogP contribution in [-0.2, 0) is 66.4 Å². The van der Waals surface area contributed by atoms with Gasteiger partial charge < -0.3 is 28.4 Å². The summed E-state index contributed by atoms with van der Waals surface area (Å²) in [5.74, 6) is 5.82. The molecule has 0 fully saturated rings. The highest BCUT2D eigenvalue weighted by Gasteiger charge is 2.30. The first-order valence-electron chi connectivity index (χ1n) is 25.5. The molecule has 4 aromatic carbocycles. The second-order valence-electron chi connectivity index (χ2n) is 22.5. The van der Waals surface area contributed by atoms with Crippen molar-refractivity contribution in [3.63, 3.8) is 0 Å². The van der Waals surface area contributed by atoms with Crippen molar-refractivity contribution >= 4 is 35.5 Å². The number of carbonyl (C=O) groups excluding carboxylic acids is 2. The van der Waals surface area contributed by atoms with Crippen LogP contribution in [0.15, 0.2) is 48.5 Å². The number of hydrogen-bond acceptors (Lipinski definition) is 10. The van der Waals surface area contributed by atoms with Gasteiger partial charge in [-0.1, -0.05) is 145 Å². The van der Waals surface area contributed by atoms with Crippen molar-refractivity contribution in [2.24, 2.45) is 0 Å². The van der Waals surface area contributed by atoms with Crippen LogP contribution in [0, 0.1) is 0 Å². The highest BCUT2D eigenvalue weighted by atomic mass is 32.2. The third-order valence-electron chi connectivity index (χ3n) is 12.6. The van der Waals surface area contributed by atoms with Crippen LogP contribution in [0.3, 0.4) is 0 Å². The molecule has 1 aliphatic carbocycles. The lowest BCUT2D eigenvalue weighted by Crippen LogP contribution is -2.20. The average Bonchev–Trinajstić information content (AvgIpc) is 3.25. The van der Waals surface area contributed by atoms with Crippen LogP contribution in [0.5, 0.6) is 23.0 Å². The lowest BCUT2D eigenvalue weighted by Gasteiger charge is -2.29. The number of rotatable bonds is 18. The normalized spacial score (nSPS) is 13.1. The summed E-state index contributed by atoms with van der Waals surface area (Å²) in [4.78, 5) is 26.5. The fourth-order valence-corrected chi connectivity index (χ4v) is 9.70. The molecule has 0 saturated heterocycles. The highest BCUT2D eigenvalue weighted by molar-refractivity contribution is 7.99. The van der Waals surface area contributed by atoms with E-state index in [1.807, 2.05) is 37.4 Å². The van der Waals surface area contributed by atoms with Crippen LogP contribution in [-0.4, -0.2) is 74.6 Å². The van der Waals surface area contributed by atoms with Crippen LogP contribution in [0.4, 0.5) is 0 Å². The lowest BCUT2D eigenvalue weighted by atomic mass is 9.79. The Bertz CT molecular complexity index is 2160. The second-order valence-corrected chi connectivity index (χ2v) is 25.3. The van der Waals surface area contributed by atoms with Crippen molar-refractivity contribution in [3.8, 4) is 23.0 Å². The lowest BCUT2D eigenvalue weighted by molar-refractivity contribution is -0.146. The summed E-state index contributed by atoms with van der Waals surface area (Å²) >= 11 is 3.70. The summed E-state index contributed by atoms with van der Waals surface area (Å²) in [6.07, 6.45) is 1.92. The largest absolute Gasteiger partial charge is 0.492 e. The first kappa shape index (κ1) is 56.6. The molecule has 5 rings (SSSR count). The highest BCUT2D eigenvalue weighted by Crippen LogP contribution is 2.44. The predicted molar refractivity (Wildman–Crippen MR) is 293 cm³/mol. The molecule has 0 spiro atoms. The third kappa shape index (κ3) is 15.4. The molecule has 10 heteroatoms. The van der Waals surface area contributed by atoms with Gasteiger partial charge in [0, 0.05) is 37.2 Å². The van der Waals surface area contributed by atoms with Crippen molar-refractivity contribution < 1.29 is 38.0 Å². The average molecular weight is 997 g/mol. The molecule has 1 aliphatic rings. The molecule has 0 heterocycles. The number of thioether (sulfide) groups is 2. The summed E-state index contributed by atoms with van der Waals surface area (Å²) in [6, 6.07) is 18.3. The maximum Gasteiger partial charge on any atom is 0.344 e. The Labute approximate surface area is 430 Å². The molecule has 0 radical (unpaired) electrons. The first-order valence-corrected chi connectivity index (χ1v) is 27.8. The Morgan fingerprint density at radius 3 is 0.829 bits per heavy atom.